The lowest BCUT2D eigenvalue weighted by Crippen LogP contribution is -2.47. The SMILES string of the molecule is C#Cc1cccc(NC2CCC(=O)NC2=O)c1. The van der Waals surface area contributed by atoms with Gasteiger partial charge in [-0.2, -0.15) is 0 Å². The Balaban J connectivity index is 2.08. The van der Waals surface area contributed by atoms with Gasteiger partial charge in [0.25, 0.3) is 0 Å². The number of anilines is 1. The second-order valence-electron chi connectivity index (χ2n) is 3.87. The zero-order chi connectivity index (χ0) is 12.3. The van der Waals surface area contributed by atoms with Crippen molar-refractivity contribution in [2.75, 3.05) is 5.32 Å². The van der Waals surface area contributed by atoms with E-state index in [4.69, 9.17) is 6.42 Å². The summed E-state index contributed by atoms with van der Waals surface area (Å²) in [5.74, 6) is 2.03. The van der Waals surface area contributed by atoms with Crippen LogP contribution in [-0.4, -0.2) is 17.9 Å². The molecule has 4 nitrogen and oxygen atoms in total. The summed E-state index contributed by atoms with van der Waals surface area (Å²) in [4.78, 5) is 22.5. The lowest BCUT2D eigenvalue weighted by Gasteiger charge is -2.22. The quantitative estimate of drug-likeness (QED) is 0.583. The van der Waals surface area contributed by atoms with Gasteiger partial charge in [0.2, 0.25) is 11.8 Å². The van der Waals surface area contributed by atoms with Crippen molar-refractivity contribution >= 4 is 17.5 Å². The molecule has 0 saturated carbocycles. The Kier molecular flexibility index (Phi) is 3.10. The lowest BCUT2D eigenvalue weighted by molar-refractivity contribution is -0.133. The summed E-state index contributed by atoms with van der Waals surface area (Å²) in [6.07, 6.45) is 6.16. The van der Waals surface area contributed by atoms with Crippen LogP contribution in [0.15, 0.2) is 24.3 Å². The van der Waals surface area contributed by atoms with Crippen LogP contribution in [0, 0.1) is 12.3 Å². The molecule has 2 rings (SSSR count). The molecule has 1 aromatic rings. The molecule has 4 heteroatoms. The molecule has 1 atom stereocenters. The smallest absolute Gasteiger partial charge is 0.249 e. The molecule has 0 aromatic heterocycles. The first-order valence-corrected chi connectivity index (χ1v) is 5.36. The lowest BCUT2D eigenvalue weighted by atomic mass is 10.1. The largest absolute Gasteiger partial charge is 0.374 e. The van der Waals surface area contributed by atoms with Gasteiger partial charge >= 0.3 is 0 Å². The van der Waals surface area contributed by atoms with E-state index in [2.05, 4.69) is 16.6 Å². The minimum atomic E-state index is -0.374. The molecule has 0 radical (unpaired) electrons. The predicted octanol–water partition coefficient (Wildman–Crippen LogP) is 0.885. The molecule has 0 spiro atoms. The molecule has 1 aliphatic rings. The van der Waals surface area contributed by atoms with Gasteiger partial charge in [-0.1, -0.05) is 12.0 Å². The van der Waals surface area contributed by atoms with E-state index < -0.39 is 0 Å². The van der Waals surface area contributed by atoms with E-state index in [0.29, 0.717) is 12.8 Å². The Bertz CT molecular complexity index is 502. The normalized spacial score (nSPS) is 19.4. The van der Waals surface area contributed by atoms with Crippen molar-refractivity contribution in [2.45, 2.75) is 18.9 Å². The molecule has 0 aliphatic carbocycles. The number of rotatable bonds is 2. The molecule has 1 saturated heterocycles. The number of imide groups is 1. The fourth-order valence-electron chi connectivity index (χ4n) is 1.73. The highest BCUT2D eigenvalue weighted by molar-refractivity contribution is 6.01. The van der Waals surface area contributed by atoms with Gasteiger partial charge in [0.1, 0.15) is 6.04 Å². The van der Waals surface area contributed by atoms with E-state index in [1.165, 1.54) is 0 Å². The molecule has 0 bridgehead atoms. The zero-order valence-electron chi connectivity index (χ0n) is 9.19. The number of nitrogens with one attached hydrogen (secondary N) is 2. The minimum Gasteiger partial charge on any atom is -0.374 e. The molecule has 1 unspecified atom stereocenters. The van der Waals surface area contributed by atoms with E-state index in [1.807, 2.05) is 18.2 Å². The third-order valence-electron chi connectivity index (χ3n) is 2.61. The number of hydrogen-bond acceptors (Lipinski definition) is 3. The van der Waals surface area contributed by atoms with Crippen LogP contribution < -0.4 is 10.6 Å². The molecular formula is C13H12N2O2. The molecule has 1 aromatic carbocycles. The first kappa shape index (κ1) is 11.2. The fourth-order valence-corrected chi connectivity index (χ4v) is 1.73. The number of amides is 2. The zero-order valence-corrected chi connectivity index (χ0v) is 9.19. The van der Waals surface area contributed by atoms with Crippen LogP contribution in [-0.2, 0) is 9.59 Å². The van der Waals surface area contributed by atoms with E-state index >= 15 is 0 Å². The number of piperidine rings is 1. The summed E-state index contributed by atoms with van der Waals surface area (Å²) < 4.78 is 0. The van der Waals surface area contributed by atoms with Gasteiger partial charge in [0.05, 0.1) is 0 Å². The number of terminal acetylenes is 1. The predicted molar refractivity (Wildman–Crippen MR) is 64.2 cm³/mol. The Labute approximate surface area is 99.4 Å². The second kappa shape index (κ2) is 4.71. The van der Waals surface area contributed by atoms with Crippen LogP contribution in [0.4, 0.5) is 5.69 Å². The third kappa shape index (κ3) is 2.64. The van der Waals surface area contributed by atoms with E-state index in [0.717, 1.165) is 11.3 Å². The van der Waals surface area contributed by atoms with Gasteiger partial charge in [-0.25, -0.2) is 0 Å². The van der Waals surface area contributed by atoms with Crippen molar-refractivity contribution in [3.05, 3.63) is 29.8 Å². The molecule has 1 aliphatic heterocycles. The van der Waals surface area contributed by atoms with Crippen LogP contribution in [0.3, 0.4) is 0 Å². The second-order valence-corrected chi connectivity index (χ2v) is 3.87. The van der Waals surface area contributed by atoms with Crippen LogP contribution >= 0.6 is 0 Å². The highest BCUT2D eigenvalue weighted by Crippen LogP contribution is 2.14. The standard InChI is InChI=1S/C13H12N2O2/c1-2-9-4-3-5-10(8-9)14-11-6-7-12(16)15-13(11)17/h1,3-5,8,11,14H,6-7H2,(H,15,16,17). The number of benzene rings is 1. The summed E-state index contributed by atoms with van der Waals surface area (Å²) in [6, 6.07) is 6.90. The van der Waals surface area contributed by atoms with Gasteiger partial charge < -0.3 is 5.32 Å². The molecule has 17 heavy (non-hydrogen) atoms. The number of carbonyl (C=O) groups is 2. The summed E-state index contributed by atoms with van der Waals surface area (Å²) in [6.45, 7) is 0. The Morgan fingerprint density at radius 2 is 2.24 bits per heavy atom. The van der Waals surface area contributed by atoms with E-state index in [9.17, 15) is 9.59 Å². The molecule has 2 amide bonds. The molecule has 86 valence electrons. The minimum absolute atomic E-state index is 0.217. The Morgan fingerprint density at radius 3 is 2.94 bits per heavy atom. The molecule has 1 fully saturated rings. The van der Waals surface area contributed by atoms with Crippen molar-refractivity contribution < 1.29 is 9.59 Å². The first-order valence-electron chi connectivity index (χ1n) is 5.36. The van der Waals surface area contributed by atoms with Crippen LogP contribution in [0.5, 0.6) is 0 Å². The van der Waals surface area contributed by atoms with Crippen molar-refractivity contribution in [1.29, 1.82) is 0 Å². The van der Waals surface area contributed by atoms with Gasteiger partial charge in [-0.15, -0.1) is 6.42 Å². The van der Waals surface area contributed by atoms with Crippen molar-refractivity contribution in [2.24, 2.45) is 0 Å². The third-order valence-corrected chi connectivity index (χ3v) is 2.61. The topological polar surface area (TPSA) is 58.2 Å². The number of carbonyl (C=O) groups excluding carboxylic acids is 2. The fraction of sp³-hybridized carbons (Fsp3) is 0.231. The van der Waals surface area contributed by atoms with Crippen LogP contribution in [0.25, 0.3) is 0 Å². The van der Waals surface area contributed by atoms with E-state index in [1.54, 1.807) is 6.07 Å². The first-order chi connectivity index (χ1) is 8.19. The Morgan fingerprint density at radius 1 is 1.41 bits per heavy atom. The highest BCUT2D eigenvalue weighted by atomic mass is 16.2. The maximum atomic E-state index is 11.5. The summed E-state index contributed by atoms with van der Waals surface area (Å²) in [7, 11) is 0. The summed E-state index contributed by atoms with van der Waals surface area (Å²) in [5.41, 5.74) is 1.54. The summed E-state index contributed by atoms with van der Waals surface area (Å²) in [5, 5.41) is 5.36. The maximum absolute atomic E-state index is 11.5. The van der Waals surface area contributed by atoms with Crippen molar-refractivity contribution in [3.8, 4) is 12.3 Å². The summed E-state index contributed by atoms with van der Waals surface area (Å²) >= 11 is 0. The average molecular weight is 228 g/mol. The van der Waals surface area contributed by atoms with Crippen molar-refractivity contribution in [3.63, 3.8) is 0 Å². The number of hydrogen-bond donors (Lipinski definition) is 2. The van der Waals surface area contributed by atoms with Gasteiger partial charge in [-0.05, 0) is 24.6 Å². The van der Waals surface area contributed by atoms with Crippen LogP contribution in [0.2, 0.25) is 0 Å². The van der Waals surface area contributed by atoms with E-state index in [-0.39, 0.29) is 17.9 Å². The van der Waals surface area contributed by atoms with Gasteiger partial charge in [0, 0.05) is 17.7 Å². The highest BCUT2D eigenvalue weighted by Gasteiger charge is 2.26. The molecule has 1 heterocycles. The van der Waals surface area contributed by atoms with Crippen molar-refractivity contribution in [1.82, 2.24) is 5.32 Å². The molecule has 2 N–H and O–H groups in total. The van der Waals surface area contributed by atoms with Gasteiger partial charge in [0.15, 0.2) is 0 Å². The Hall–Kier alpha value is -2.28. The average Bonchev–Trinajstić information content (AvgIpc) is 2.33. The molecular weight excluding hydrogens is 216 g/mol. The maximum Gasteiger partial charge on any atom is 0.249 e. The van der Waals surface area contributed by atoms with Gasteiger partial charge in [-0.3, -0.25) is 14.9 Å². The monoisotopic (exact) mass is 228 g/mol. The van der Waals surface area contributed by atoms with Crippen LogP contribution in [0.1, 0.15) is 18.4 Å².